The maximum absolute atomic E-state index is 11.7. The zero-order valence-corrected chi connectivity index (χ0v) is 10.2. The average Bonchev–Trinajstić information content (AvgIpc) is 2.16. The lowest BCUT2D eigenvalue weighted by molar-refractivity contribution is -0.152. The molecule has 0 unspecified atom stereocenters. The third kappa shape index (κ3) is 4.64. The maximum atomic E-state index is 11.7. The number of esters is 1. The summed E-state index contributed by atoms with van der Waals surface area (Å²) >= 11 is 0. The smallest absolute Gasteiger partial charge is 0.325 e. The van der Waals surface area contributed by atoms with Crippen LogP contribution >= 0.6 is 0 Å². The summed E-state index contributed by atoms with van der Waals surface area (Å²) in [6.45, 7) is 4.42. The molecule has 16 heavy (non-hydrogen) atoms. The van der Waals surface area contributed by atoms with Crippen LogP contribution in [0.1, 0.15) is 46.0 Å². The first-order valence-electron chi connectivity index (χ1n) is 6.07. The Morgan fingerprint density at radius 3 is 2.69 bits per heavy atom. The Bertz CT molecular complexity index is 251. The first-order valence-corrected chi connectivity index (χ1v) is 6.07. The van der Waals surface area contributed by atoms with E-state index in [-0.39, 0.29) is 24.5 Å². The lowest BCUT2D eigenvalue weighted by Crippen LogP contribution is -2.38. The van der Waals surface area contributed by atoms with Gasteiger partial charge in [0.25, 0.3) is 0 Å². The molecule has 0 aromatic heterocycles. The van der Waals surface area contributed by atoms with Crippen molar-refractivity contribution in [1.29, 1.82) is 0 Å². The van der Waals surface area contributed by atoms with Crippen LogP contribution < -0.4 is 0 Å². The Morgan fingerprint density at radius 1 is 1.31 bits per heavy atom. The van der Waals surface area contributed by atoms with Crippen molar-refractivity contribution in [2.45, 2.75) is 52.1 Å². The molecule has 0 radical (unpaired) electrons. The summed E-state index contributed by atoms with van der Waals surface area (Å²) in [5.41, 5.74) is 0. The van der Waals surface area contributed by atoms with Crippen molar-refractivity contribution in [2.75, 3.05) is 13.1 Å². The highest BCUT2D eigenvalue weighted by Crippen LogP contribution is 2.11. The molecule has 1 fully saturated rings. The molecule has 0 atom stereocenters. The molecule has 0 saturated carbocycles. The number of carbonyl (C=O) groups excluding carboxylic acids is 2. The highest BCUT2D eigenvalue weighted by Gasteiger charge is 2.19. The largest absolute Gasteiger partial charge is 0.462 e. The number of hydrogen-bond acceptors (Lipinski definition) is 3. The van der Waals surface area contributed by atoms with Gasteiger partial charge in [-0.25, -0.2) is 0 Å². The summed E-state index contributed by atoms with van der Waals surface area (Å²) < 4.78 is 5.04. The summed E-state index contributed by atoms with van der Waals surface area (Å²) in [5, 5.41) is 0. The van der Waals surface area contributed by atoms with Crippen molar-refractivity contribution in [3.63, 3.8) is 0 Å². The Balaban J connectivity index is 2.42. The SMILES string of the molecule is CC(C)OC(=O)CN1CCCCCCC1=O. The van der Waals surface area contributed by atoms with Crippen LogP contribution in [0.15, 0.2) is 0 Å². The van der Waals surface area contributed by atoms with E-state index in [9.17, 15) is 9.59 Å². The molecular weight excluding hydrogens is 206 g/mol. The fourth-order valence-electron chi connectivity index (χ4n) is 1.84. The van der Waals surface area contributed by atoms with Crippen molar-refractivity contribution >= 4 is 11.9 Å². The zero-order chi connectivity index (χ0) is 12.0. The van der Waals surface area contributed by atoms with Gasteiger partial charge in [0.15, 0.2) is 0 Å². The van der Waals surface area contributed by atoms with Gasteiger partial charge in [0.1, 0.15) is 6.54 Å². The van der Waals surface area contributed by atoms with Gasteiger partial charge in [0.2, 0.25) is 5.91 Å². The Hall–Kier alpha value is -1.06. The van der Waals surface area contributed by atoms with Gasteiger partial charge in [-0.05, 0) is 26.7 Å². The molecule has 92 valence electrons. The molecule has 1 rings (SSSR count). The third-order valence-corrected chi connectivity index (χ3v) is 2.61. The summed E-state index contributed by atoms with van der Waals surface area (Å²) in [7, 11) is 0. The van der Waals surface area contributed by atoms with E-state index in [2.05, 4.69) is 0 Å². The van der Waals surface area contributed by atoms with Gasteiger partial charge in [-0.15, -0.1) is 0 Å². The molecule has 1 heterocycles. The third-order valence-electron chi connectivity index (χ3n) is 2.61. The minimum absolute atomic E-state index is 0.0837. The van der Waals surface area contributed by atoms with E-state index in [4.69, 9.17) is 4.74 Å². The molecule has 0 aromatic rings. The number of rotatable bonds is 3. The van der Waals surface area contributed by atoms with Gasteiger partial charge in [-0.3, -0.25) is 9.59 Å². The van der Waals surface area contributed by atoms with Gasteiger partial charge < -0.3 is 9.64 Å². The molecule has 0 aromatic carbocycles. The second kappa shape index (κ2) is 6.51. The van der Waals surface area contributed by atoms with E-state index < -0.39 is 0 Å². The summed E-state index contributed by atoms with van der Waals surface area (Å²) in [6, 6.07) is 0. The molecule has 4 nitrogen and oxygen atoms in total. The molecule has 1 aliphatic rings. The second-order valence-corrected chi connectivity index (χ2v) is 4.52. The number of likely N-dealkylation sites (tertiary alicyclic amines) is 1. The van der Waals surface area contributed by atoms with Crippen LogP contribution in [0.5, 0.6) is 0 Å². The number of hydrogen-bond donors (Lipinski definition) is 0. The molecular formula is C12H21NO3. The molecule has 1 aliphatic heterocycles. The van der Waals surface area contributed by atoms with E-state index in [0.717, 1.165) is 25.7 Å². The topological polar surface area (TPSA) is 46.6 Å². The predicted octanol–water partition coefficient (Wildman–Crippen LogP) is 1.73. The highest BCUT2D eigenvalue weighted by molar-refractivity contribution is 5.82. The van der Waals surface area contributed by atoms with Crippen LogP contribution in [-0.4, -0.2) is 36.0 Å². The van der Waals surface area contributed by atoms with E-state index in [1.807, 2.05) is 13.8 Å². The summed E-state index contributed by atoms with van der Waals surface area (Å²) in [5.74, 6) is -0.218. The van der Waals surface area contributed by atoms with Gasteiger partial charge in [0, 0.05) is 13.0 Å². The molecule has 1 amide bonds. The van der Waals surface area contributed by atoms with E-state index in [0.29, 0.717) is 13.0 Å². The van der Waals surface area contributed by atoms with Crippen molar-refractivity contribution < 1.29 is 14.3 Å². The van der Waals surface area contributed by atoms with Gasteiger partial charge in [-0.2, -0.15) is 0 Å². The predicted molar refractivity (Wildman–Crippen MR) is 60.9 cm³/mol. The van der Waals surface area contributed by atoms with Gasteiger partial charge in [0.05, 0.1) is 6.10 Å². The van der Waals surface area contributed by atoms with E-state index in [1.165, 1.54) is 0 Å². The lowest BCUT2D eigenvalue weighted by Gasteiger charge is -2.24. The fraction of sp³-hybridized carbons (Fsp3) is 0.833. The first kappa shape index (κ1) is 13.0. The Morgan fingerprint density at radius 2 is 2.00 bits per heavy atom. The number of carbonyl (C=O) groups is 2. The zero-order valence-electron chi connectivity index (χ0n) is 10.2. The van der Waals surface area contributed by atoms with E-state index in [1.54, 1.807) is 4.90 Å². The summed E-state index contributed by atoms with van der Waals surface area (Å²) in [4.78, 5) is 24.8. The average molecular weight is 227 g/mol. The molecule has 1 saturated heterocycles. The highest BCUT2D eigenvalue weighted by atomic mass is 16.5. The minimum atomic E-state index is -0.302. The fourth-order valence-corrected chi connectivity index (χ4v) is 1.84. The van der Waals surface area contributed by atoms with Crippen LogP contribution in [0.3, 0.4) is 0 Å². The number of ether oxygens (including phenoxy) is 1. The normalized spacial score (nSPS) is 18.2. The summed E-state index contributed by atoms with van der Waals surface area (Å²) in [6.07, 6.45) is 4.64. The maximum Gasteiger partial charge on any atom is 0.325 e. The minimum Gasteiger partial charge on any atom is -0.462 e. The molecule has 0 N–H and O–H groups in total. The second-order valence-electron chi connectivity index (χ2n) is 4.52. The quantitative estimate of drug-likeness (QED) is 0.690. The van der Waals surface area contributed by atoms with Crippen molar-refractivity contribution in [3.05, 3.63) is 0 Å². The first-order chi connectivity index (χ1) is 7.59. The van der Waals surface area contributed by atoms with Crippen LogP contribution in [0.2, 0.25) is 0 Å². The van der Waals surface area contributed by atoms with Crippen molar-refractivity contribution in [3.8, 4) is 0 Å². The standard InChI is InChI=1S/C12H21NO3/c1-10(2)16-12(15)9-13-8-6-4-3-5-7-11(13)14/h10H,3-9H2,1-2H3. The molecule has 0 aliphatic carbocycles. The van der Waals surface area contributed by atoms with Crippen LogP contribution in [0, 0.1) is 0 Å². The van der Waals surface area contributed by atoms with Crippen molar-refractivity contribution in [1.82, 2.24) is 4.90 Å². The van der Waals surface area contributed by atoms with Gasteiger partial charge in [-0.1, -0.05) is 12.8 Å². The van der Waals surface area contributed by atoms with Gasteiger partial charge >= 0.3 is 5.97 Å². The Labute approximate surface area is 96.9 Å². The van der Waals surface area contributed by atoms with E-state index >= 15 is 0 Å². The van der Waals surface area contributed by atoms with Crippen LogP contribution in [-0.2, 0) is 14.3 Å². The van der Waals surface area contributed by atoms with Crippen LogP contribution in [0.4, 0.5) is 0 Å². The lowest BCUT2D eigenvalue weighted by atomic mass is 10.1. The molecule has 4 heteroatoms. The number of amides is 1. The number of nitrogens with zero attached hydrogens (tertiary/aromatic N) is 1. The Kier molecular flexibility index (Phi) is 5.29. The molecule has 0 bridgehead atoms. The monoisotopic (exact) mass is 227 g/mol. The molecule has 0 spiro atoms. The van der Waals surface area contributed by atoms with Crippen LogP contribution in [0.25, 0.3) is 0 Å². The van der Waals surface area contributed by atoms with Crippen molar-refractivity contribution in [2.24, 2.45) is 0 Å².